The van der Waals surface area contributed by atoms with Crippen molar-refractivity contribution >= 4 is 29.1 Å². The first kappa shape index (κ1) is 15.7. The van der Waals surface area contributed by atoms with Crippen molar-refractivity contribution in [3.8, 4) is 5.75 Å². The summed E-state index contributed by atoms with van der Waals surface area (Å²) in [6.45, 7) is 2.30. The summed E-state index contributed by atoms with van der Waals surface area (Å²) in [6, 6.07) is 12.7. The average molecular weight is 324 g/mol. The van der Waals surface area contributed by atoms with Gasteiger partial charge in [-0.05, 0) is 36.8 Å². The van der Waals surface area contributed by atoms with Crippen molar-refractivity contribution in [2.24, 2.45) is 0 Å². The molecule has 0 spiro atoms. The van der Waals surface area contributed by atoms with E-state index in [9.17, 15) is 4.79 Å². The molecule has 0 saturated heterocycles. The maximum atomic E-state index is 11.7. The predicted molar refractivity (Wildman–Crippen MR) is 85.0 cm³/mol. The average Bonchev–Trinajstić information content (AvgIpc) is 2.46. The van der Waals surface area contributed by atoms with E-state index in [4.69, 9.17) is 27.9 Å². The van der Waals surface area contributed by atoms with Gasteiger partial charge < -0.3 is 10.1 Å². The van der Waals surface area contributed by atoms with Crippen molar-refractivity contribution in [2.75, 3.05) is 6.61 Å². The Morgan fingerprint density at radius 2 is 1.86 bits per heavy atom. The van der Waals surface area contributed by atoms with Gasteiger partial charge in [0.15, 0.2) is 6.61 Å². The highest BCUT2D eigenvalue weighted by Crippen LogP contribution is 2.20. The monoisotopic (exact) mass is 323 g/mol. The van der Waals surface area contributed by atoms with E-state index < -0.39 is 0 Å². The maximum Gasteiger partial charge on any atom is 0.258 e. The number of carbonyl (C=O) groups is 1. The van der Waals surface area contributed by atoms with E-state index in [1.165, 1.54) is 0 Å². The van der Waals surface area contributed by atoms with Crippen LogP contribution in [0.4, 0.5) is 0 Å². The number of halogens is 2. The molecule has 2 aromatic rings. The Kier molecular flexibility index (Phi) is 5.48. The topological polar surface area (TPSA) is 38.3 Å². The number of aryl methyl sites for hydroxylation is 1. The van der Waals surface area contributed by atoms with Crippen molar-refractivity contribution in [3.05, 3.63) is 63.6 Å². The van der Waals surface area contributed by atoms with Gasteiger partial charge in [0.05, 0.1) is 0 Å². The van der Waals surface area contributed by atoms with Crippen LogP contribution in [-0.2, 0) is 11.3 Å². The quantitative estimate of drug-likeness (QED) is 0.903. The van der Waals surface area contributed by atoms with Crippen molar-refractivity contribution in [3.63, 3.8) is 0 Å². The van der Waals surface area contributed by atoms with Crippen LogP contribution in [0.3, 0.4) is 0 Å². The van der Waals surface area contributed by atoms with E-state index in [1.54, 1.807) is 18.2 Å². The number of hydrogen-bond donors (Lipinski definition) is 1. The zero-order valence-electron chi connectivity index (χ0n) is 11.5. The Labute approximate surface area is 133 Å². The molecule has 21 heavy (non-hydrogen) atoms. The second kappa shape index (κ2) is 7.34. The fraction of sp³-hybridized carbons (Fsp3) is 0.188. The Bertz CT molecular complexity index is 627. The molecule has 1 amide bonds. The third kappa shape index (κ3) is 4.96. The Morgan fingerprint density at radius 3 is 2.52 bits per heavy atom. The zero-order chi connectivity index (χ0) is 15.2. The lowest BCUT2D eigenvalue weighted by atomic mass is 10.2. The molecule has 0 aromatic heterocycles. The minimum Gasteiger partial charge on any atom is -0.484 e. The van der Waals surface area contributed by atoms with Gasteiger partial charge in [-0.3, -0.25) is 4.79 Å². The van der Waals surface area contributed by atoms with E-state index in [1.807, 2.05) is 31.2 Å². The summed E-state index contributed by atoms with van der Waals surface area (Å²) in [5.74, 6) is 0.460. The van der Waals surface area contributed by atoms with E-state index in [0.29, 0.717) is 22.3 Å². The number of rotatable bonds is 5. The van der Waals surface area contributed by atoms with Crippen molar-refractivity contribution < 1.29 is 9.53 Å². The summed E-state index contributed by atoms with van der Waals surface area (Å²) >= 11 is 11.9. The third-order valence-corrected chi connectivity index (χ3v) is 3.47. The summed E-state index contributed by atoms with van der Waals surface area (Å²) in [4.78, 5) is 11.7. The van der Waals surface area contributed by atoms with Gasteiger partial charge in [0.1, 0.15) is 5.75 Å². The standard InChI is InChI=1S/C16H15Cl2NO2/c1-11-2-6-14(7-3-11)21-10-16(20)19-9-12-4-5-13(17)8-15(12)18/h2-8H,9-10H2,1H3,(H,19,20). The first-order valence-corrected chi connectivity index (χ1v) is 7.20. The van der Waals surface area contributed by atoms with Crippen LogP contribution < -0.4 is 10.1 Å². The molecule has 0 heterocycles. The van der Waals surface area contributed by atoms with Gasteiger partial charge in [0.25, 0.3) is 5.91 Å². The van der Waals surface area contributed by atoms with Crippen molar-refractivity contribution in [1.29, 1.82) is 0 Å². The molecule has 0 bridgehead atoms. The molecular formula is C16H15Cl2NO2. The molecule has 0 atom stereocenters. The normalized spacial score (nSPS) is 10.2. The van der Waals surface area contributed by atoms with Crippen LogP contribution in [-0.4, -0.2) is 12.5 Å². The molecule has 1 N–H and O–H groups in total. The van der Waals surface area contributed by atoms with Gasteiger partial charge in [-0.1, -0.05) is 47.0 Å². The van der Waals surface area contributed by atoms with E-state index in [0.717, 1.165) is 11.1 Å². The molecule has 0 unspecified atom stereocenters. The lowest BCUT2D eigenvalue weighted by Gasteiger charge is -2.09. The second-order valence-electron chi connectivity index (χ2n) is 4.61. The summed E-state index contributed by atoms with van der Waals surface area (Å²) in [6.07, 6.45) is 0. The van der Waals surface area contributed by atoms with Crippen LogP contribution in [0.5, 0.6) is 5.75 Å². The summed E-state index contributed by atoms with van der Waals surface area (Å²) in [5.41, 5.74) is 1.95. The second-order valence-corrected chi connectivity index (χ2v) is 5.46. The van der Waals surface area contributed by atoms with Gasteiger partial charge in [-0.2, -0.15) is 0 Å². The van der Waals surface area contributed by atoms with Crippen LogP contribution in [0.25, 0.3) is 0 Å². The molecule has 0 fully saturated rings. The van der Waals surface area contributed by atoms with Crippen LogP contribution in [0.15, 0.2) is 42.5 Å². The Hall–Kier alpha value is -1.71. The largest absolute Gasteiger partial charge is 0.484 e. The van der Waals surface area contributed by atoms with Gasteiger partial charge in [-0.15, -0.1) is 0 Å². The van der Waals surface area contributed by atoms with Gasteiger partial charge >= 0.3 is 0 Å². The third-order valence-electron chi connectivity index (χ3n) is 2.88. The number of carbonyl (C=O) groups excluding carboxylic acids is 1. The summed E-state index contributed by atoms with van der Waals surface area (Å²) < 4.78 is 5.39. The molecule has 2 aromatic carbocycles. The first-order chi connectivity index (χ1) is 10.0. The first-order valence-electron chi connectivity index (χ1n) is 6.44. The zero-order valence-corrected chi connectivity index (χ0v) is 13.0. The molecule has 0 aliphatic rings. The predicted octanol–water partition coefficient (Wildman–Crippen LogP) is 4.00. The Morgan fingerprint density at radius 1 is 1.14 bits per heavy atom. The van der Waals surface area contributed by atoms with Gasteiger partial charge in [0.2, 0.25) is 0 Å². The lowest BCUT2D eigenvalue weighted by Crippen LogP contribution is -2.28. The molecule has 110 valence electrons. The minimum atomic E-state index is -0.207. The summed E-state index contributed by atoms with van der Waals surface area (Å²) in [5, 5.41) is 3.85. The highest BCUT2D eigenvalue weighted by Gasteiger charge is 2.05. The van der Waals surface area contributed by atoms with Crippen molar-refractivity contribution in [1.82, 2.24) is 5.32 Å². The number of nitrogens with one attached hydrogen (secondary N) is 1. The SMILES string of the molecule is Cc1ccc(OCC(=O)NCc2ccc(Cl)cc2Cl)cc1. The number of amides is 1. The van der Waals surface area contributed by atoms with E-state index in [2.05, 4.69) is 5.32 Å². The number of hydrogen-bond acceptors (Lipinski definition) is 2. The van der Waals surface area contributed by atoms with Crippen LogP contribution >= 0.6 is 23.2 Å². The van der Waals surface area contributed by atoms with Gasteiger partial charge in [-0.25, -0.2) is 0 Å². The Balaban J connectivity index is 1.80. The van der Waals surface area contributed by atoms with E-state index >= 15 is 0 Å². The minimum absolute atomic E-state index is 0.0335. The van der Waals surface area contributed by atoms with E-state index in [-0.39, 0.29) is 12.5 Å². The van der Waals surface area contributed by atoms with Gasteiger partial charge in [0, 0.05) is 16.6 Å². The molecule has 0 saturated carbocycles. The van der Waals surface area contributed by atoms with Crippen molar-refractivity contribution in [2.45, 2.75) is 13.5 Å². The molecule has 3 nitrogen and oxygen atoms in total. The smallest absolute Gasteiger partial charge is 0.258 e. The summed E-state index contributed by atoms with van der Waals surface area (Å²) in [7, 11) is 0. The molecular weight excluding hydrogens is 309 g/mol. The van der Waals surface area contributed by atoms with Crippen LogP contribution in [0.2, 0.25) is 10.0 Å². The fourth-order valence-corrected chi connectivity index (χ4v) is 2.17. The van der Waals surface area contributed by atoms with Crippen LogP contribution in [0, 0.1) is 6.92 Å². The molecule has 0 radical (unpaired) electrons. The van der Waals surface area contributed by atoms with Crippen LogP contribution in [0.1, 0.15) is 11.1 Å². The number of ether oxygens (including phenoxy) is 1. The molecule has 2 rings (SSSR count). The molecule has 5 heteroatoms. The molecule has 0 aliphatic heterocycles. The highest BCUT2D eigenvalue weighted by atomic mass is 35.5. The maximum absolute atomic E-state index is 11.7. The number of benzene rings is 2. The highest BCUT2D eigenvalue weighted by molar-refractivity contribution is 6.35. The molecule has 0 aliphatic carbocycles. The lowest BCUT2D eigenvalue weighted by molar-refractivity contribution is -0.123. The fourth-order valence-electron chi connectivity index (χ4n) is 1.69.